The third-order valence-corrected chi connectivity index (χ3v) is 4.66. The highest BCUT2D eigenvalue weighted by atomic mass is 16.6. The van der Waals surface area contributed by atoms with Gasteiger partial charge in [-0.05, 0) is 19.1 Å². The monoisotopic (exact) mass is 368 g/mol. The molecule has 1 saturated heterocycles. The van der Waals surface area contributed by atoms with Crippen LogP contribution in [0.5, 0.6) is 11.5 Å². The molecule has 140 valence electrons. The van der Waals surface area contributed by atoms with E-state index in [0.717, 1.165) is 5.69 Å². The normalized spacial score (nSPS) is 18.9. The van der Waals surface area contributed by atoms with Crippen LogP contribution in [0, 0.1) is 6.92 Å². The number of carbonyl (C=O) groups excluding carboxylic acids is 2. The zero-order chi connectivity index (χ0) is 18.8. The standard InChI is InChI=1S/C19H20N4O4/c1-13-10-21-14(11-20-13)18(24)22-6-8-23(9-7-22)19(25)17-12-26-15-4-2-3-5-16(15)27-17/h2-5,10-11,17H,6-9,12H2,1H3. The second kappa shape index (κ2) is 7.22. The number of aryl methyl sites for hydroxylation is 1. The maximum Gasteiger partial charge on any atom is 0.274 e. The van der Waals surface area contributed by atoms with Gasteiger partial charge < -0.3 is 19.3 Å². The van der Waals surface area contributed by atoms with Crippen LogP contribution in [0.4, 0.5) is 0 Å². The summed E-state index contributed by atoms with van der Waals surface area (Å²) in [5.74, 6) is 0.942. The van der Waals surface area contributed by atoms with Gasteiger partial charge in [-0.15, -0.1) is 0 Å². The lowest BCUT2D eigenvalue weighted by Gasteiger charge is -2.37. The first-order valence-electron chi connectivity index (χ1n) is 8.87. The van der Waals surface area contributed by atoms with Gasteiger partial charge in [0.15, 0.2) is 11.5 Å². The van der Waals surface area contributed by atoms with E-state index in [0.29, 0.717) is 43.4 Å². The van der Waals surface area contributed by atoms with E-state index in [2.05, 4.69) is 9.97 Å². The fourth-order valence-electron chi connectivity index (χ4n) is 3.14. The van der Waals surface area contributed by atoms with Crippen molar-refractivity contribution in [3.63, 3.8) is 0 Å². The number of aromatic nitrogens is 2. The van der Waals surface area contributed by atoms with Crippen molar-refractivity contribution in [2.24, 2.45) is 0 Å². The lowest BCUT2D eigenvalue weighted by Crippen LogP contribution is -2.55. The van der Waals surface area contributed by atoms with E-state index in [9.17, 15) is 9.59 Å². The van der Waals surface area contributed by atoms with Gasteiger partial charge in [0.2, 0.25) is 6.10 Å². The molecule has 1 aromatic carbocycles. The van der Waals surface area contributed by atoms with E-state index >= 15 is 0 Å². The predicted molar refractivity (Wildman–Crippen MR) is 95.6 cm³/mol. The summed E-state index contributed by atoms with van der Waals surface area (Å²) in [6, 6.07) is 7.30. The SMILES string of the molecule is Cc1cnc(C(=O)N2CCN(C(=O)C3COc4ccccc4O3)CC2)cn1. The van der Waals surface area contributed by atoms with Gasteiger partial charge in [0.1, 0.15) is 12.3 Å². The highest BCUT2D eigenvalue weighted by molar-refractivity contribution is 5.92. The number of nitrogens with zero attached hydrogens (tertiary/aromatic N) is 4. The Kier molecular flexibility index (Phi) is 4.62. The molecule has 0 N–H and O–H groups in total. The Morgan fingerprint density at radius 1 is 1.00 bits per heavy atom. The van der Waals surface area contributed by atoms with Gasteiger partial charge in [0, 0.05) is 32.4 Å². The van der Waals surface area contributed by atoms with Crippen LogP contribution in [0.3, 0.4) is 0 Å². The van der Waals surface area contributed by atoms with Crippen molar-refractivity contribution >= 4 is 11.8 Å². The number of piperazine rings is 1. The maximum atomic E-state index is 12.7. The van der Waals surface area contributed by atoms with Gasteiger partial charge in [0.25, 0.3) is 11.8 Å². The molecule has 27 heavy (non-hydrogen) atoms. The molecule has 1 fully saturated rings. The highest BCUT2D eigenvalue weighted by Crippen LogP contribution is 2.31. The number of hydrogen-bond acceptors (Lipinski definition) is 6. The number of hydrogen-bond donors (Lipinski definition) is 0. The average molecular weight is 368 g/mol. The Bertz CT molecular complexity index is 847. The molecule has 2 aliphatic rings. The number of benzene rings is 1. The van der Waals surface area contributed by atoms with Crippen molar-refractivity contribution in [1.29, 1.82) is 0 Å². The fourth-order valence-corrected chi connectivity index (χ4v) is 3.14. The summed E-state index contributed by atoms with van der Waals surface area (Å²) in [6.07, 6.45) is 2.40. The van der Waals surface area contributed by atoms with Gasteiger partial charge in [-0.2, -0.15) is 0 Å². The molecule has 0 aliphatic carbocycles. The van der Waals surface area contributed by atoms with Crippen LogP contribution in [-0.4, -0.2) is 70.5 Å². The minimum Gasteiger partial charge on any atom is -0.485 e. The molecule has 3 heterocycles. The van der Waals surface area contributed by atoms with Gasteiger partial charge in [-0.1, -0.05) is 12.1 Å². The van der Waals surface area contributed by atoms with E-state index < -0.39 is 6.10 Å². The fraction of sp³-hybridized carbons (Fsp3) is 0.368. The highest BCUT2D eigenvalue weighted by Gasteiger charge is 2.33. The second-order valence-corrected chi connectivity index (χ2v) is 6.52. The molecule has 8 nitrogen and oxygen atoms in total. The van der Waals surface area contributed by atoms with Crippen molar-refractivity contribution in [2.75, 3.05) is 32.8 Å². The van der Waals surface area contributed by atoms with Crippen LogP contribution in [0.1, 0.15) is 16.2 Å². The van der Waals surface area contributed by atoms with Gasteiger partial charge in [-0.25, -0.2) is 4.98 Å². The summed E-state index contributed by atoms with van der Waals surface area (Å²) in [7, 11) is 0. The first kappa shape index (κ1) is 17.3. The number of para-hydroxylation sites is 2. The van der Waals surface area contributed by atoms with Crippen LogP contribution in [0.25, 0.3) is 0 Å². The summed E-state index contributed by atoms with van der Waals surface area (Å²) in [4.78, 5) is 36.9. The minimum atomic E-state index is -0.662. The summed E-state index contributed by atoms with van der Waals surface area (Å²) in [6.45, 7) is 3.81. The molecule has 2 amide bonds. The maximum absolute atomic E-state index is 12.7. The van der Waals surface area contributed by atoms with Crippen molar-refractivity contribution in [3.8, 4) is 11.5 Å². The molecule has 0 saturated carbocycles. The molecule has 0 radical (unpaired) electrons. The smallest absolute Gasteiger partial charge is 0.274 e. The number of fused-ring (bicyclic) bond motifs is 1. The van der Waals surface area contributed by atoms with E-state index in [-0.39, 0.29) is 18.4 Å². The third-order valence-electron chi connectivity index (χ3n) is 4.66. The molecule has 1 atom stereocenters. The van der Waals surface area contributed by atoms with E-state index in [1.54, 1.807) is 22.1 Å². The summed E-state index contributed by atoms with van der Waals surface area (Å²) >= 11 is 0. The molecule has 0 spiro atoms. The van der Waals surface area contributed by atoms with Crippen molar-refractivity contribution < 1.29 is 19.1 Å². The van der Waals surface area contributed by atoms with E-state index in [4.69, 9.17) is 9.47 Å². The minimum absolute atomic E-state index is 0.119. The second-order valence-electron chi connectivity index (χ2n) is 6.52. The zero-order valence-corrected chi connectivity index (χ0v) is 15.0. The summed E-state index contributed by atoms with van der Waals surface area (Å²) in [5, 5.41) is 0. The van der Waals surface area contributed by atoms with Crippen LogP contribution >= 0.6 is 0 Å². The molecule has 0 bridgehead atoms. The summed E-state index contributed by atoms with van der Waals surface area (Å²) in [5.41, 5.74) is 1.08. The number of carbonyl (C=O) groups is 2. The lowest BCUT2D eigenvalue weighted by molar-refractivity contribution is -0.142. The van der Waals surface area contributed by atoms with Crippen molar-refractivity contribution in [2.45, 2.75) is 13.0 Å². The van der Waals surface area contributed by atoms with Gasteiger partial charge >= 0.3 is 0 Å². The molecule has 8 heteroatoms. The van der Waals surface area contributed by atoms with Gasteiger partial charge in [-0.3, -0.25) is 14.6 Å². The Morgan fingerprint density at radius 2 is 1.70 bits per heavy atom. The molecular weight excluding hydrogens is 348 g/mol. The average Bonchev–Trinajstić information content (AvgIpc) is 2.73. The zero-order valence-electron chi connectivity index (χ0n) is 15.0. The quantitative estimate of drug-likeness (QED) is 0.783. The molecule has 2 aliphatic heterocycles. The molecule has 4 rings (SSSR count). The topological polar surface area (TPSA) is 84.9 Å². The van der Waals surface area contributed by atoms with Crippen LogP contribution in [0.15, 0.2) is 36.7 Å². The van der Waals surface area contributed by atoms with E-state index in [1.807, 2.05) is 25.1 Å². The Balaban J connectivity index is 1.34. The largest absolute Gasteiger partial charge is 0.485 e. The lowest BCUT2D eigenvalue weighted by atomic mass is 10.2. The summed E-state index contributed by atoms with van der Waals surface area (Å²) < 4.78 is 11.4. The van der Waals surface area contributed by atoms with Crippen molar-refractivity contribution in [3.05, 3.63) is 48.0 Å². The third kappa shape index (κ3) is 3.55. The number of amides is 2. The van der Waals surface area contributed by atoms with Crippen LogP contribution in [0.2, 0.25) is 0 Å². The van der Waals surface area contributed by atoms with E-state index in [1.165, 1.54) is 6.20 Å². The Hall–Kier alpha value is -3.16. The van der Waals surface area contributed by atoms with Gasteiger partial charge in [0.05, 0.1) is 11.9 Å². The molecular formula is C19H20N4O4. The first-order chi connectivity index (χ1) is 13.1. The molecule has 2 aromatic rings. The van der Waals surface area contributed by atoms with Crippen LogP contribution in [-0.2, 0) is 4.79 Å². The number of ether oxygens (including phenoxy) is 2. The Morgan fingerprint density at radius 3 is 2.41 bits per heavy atom. The Labute approximate surface area is 156 Å². The van der Waals surface area contributed by atoms with Crippen molar-refractivity contribution in [1.82, 2.24) is 19.8 Å². The number of rotatable bonds is 2. The molecule has 1 aromatic heterocycles. The predicted octanol–water partition coefficient (Wildman–Crippen LogP) is 0.909. The first-order valence-corrected chi connectivity index (χ1v) is 8.87. The molecule has 1 unspecified atom stereocenters. The van der Waals surface area contributed by atoms with Crippen LogP contribution < -0.4 is 9.47 Å².